The molecule has 2 aromatic heterocycles. The third-order valence-electron chi connectivity index (χ3n) is 2.72. The van der Waals surface area contributed by atoms with Gasteiger partial charge in [0.15, 0.2) is 0 Å². The number of furan rings is 1. The van der Waals surface area contributed by atoms with Gasteiger partial charge in [0, 0.05) is 25.6 Å². The second kappa shape index (κ2) is 6.02. The maximum absolute atomic E-state index is 12.7. The van der Waals surface area contributed by atoms with Crippen molar-refractivity contribution in [3.05, 3.63) is 36.0 Å². The topological polar surface area (TPSA) is 63.0 Å². The zero-order valence-corrected chi connectivity index (χ0v) is 11.5. The highest BCUT2D eigenvalue weighted by molar-refractivity contribution is 5.48. The largest absolute Gasteiger partial charge is 0.469 e. The maximum atomic E-state index is 12.7. The summed E-state index contributed by atoms with van der Waals surface area (Å²) in [4.78, 5) is 6.90. The molecule has 0 bridgehead atoms. The Kier molecular flexibility index (Phi) is 4.35. The van der Waals surface area contributed by atoms with Gasteiger partial charge in [0.1, 0.15) is 17.4 Å². The molecule has 8 heteroatoms. The average Bonchev–Trinajstić information content (AvgIpc) is 2.89. The molecule has 2 heterocycles. The van der Waals surface area contributed by atoms with Gasteiger partial charge in [0.25, 0.3) is 0 Å². The summed E-state index contributed by atoms with van der Waals surface area (Å²) in [5.74, 6) is -0.221. The Morgan fingerprint density at radius 2 is 2.00 bits per heavy atom. The molecule has 1 unspecified atom stereocenters. The molecule has 1 atom stereocenters. The van der Waals surface area contributed by atoms with Gasteiger partial charge in [0.2, 0.25) is 5.82 Å². The smallest absolute Gasteiger partial charge is 0.451 e. The molecule has 0 spiro atoms. The number of hydrogen-bond donors (Lipinski definition) is 2. The number of alkyl halides is 3. The van der Waals surface area contributed by atoms with Crippen molar-refractivity contribution in [3.8, 4) is 0 Å². The van der Waals surface area contributed by atoms with Crippen molar-refractivity contribution in [2.45, 2.75) is 25.6 Å². The highest BCUT2D eigenvalue weighted by Gasteiger charge is 2.35. The van der Waals surface area contributed by atoms with Gasteiger partial charge in [-0.25, -0.2) is 9.97 Å². The monoisotopic (exact) mass is 300 g/mol. The summed E-state index contributed by atoms with van der Waals surface area (Å²) in [6.07, 6.45) is -2.51. The predicted octanol–water partition coefficient (Wildman–Crippen LogP) is 3.17. The molecule has 0 radical (unpaired) electrons. The van der Waals surface area contributed by atoms with Crippen LogP contribution in [0.2, 0.25) is 0 Å². The number of anilines is 2. The van der Waals surface area contributed by atoms with Crippen LogP contribution in [0.5, 0.6) is 0 Å². The number of hydrogen-bond acceptors (Lipinski definition) is 5. The zero-order valence-electron chi connectivity index (χ0n) is 11.5. The first-order valence-corrected chi connectivity index (χ1v) is 6.31. The number of nitrogens with zero attached hydrogens (tertiary/aromatic N) is 2. The van der Waals surface area contributed by atoms with Gasteiger partial charge in [-0.15, -0.1) is 0 Å². The molecule has 2 N–H and O–H groups in total. The summed E-state index contributed by atoms with van der Waals surface area (Å²) in [7, 11) is 1.50. The van der Waals surface area contributed by atoms with E-state index in [4.69, 9.17) is 4.42 Å². The van der Waals surface area contributed by atoms with Crippen LogP contribution < -0.4 is 10.6 Å². The maximum Gasteiger partial charge on any atom is 0.451 e. The lowest BCUT2D eigenvalue weighted by Gasteiger charge is -2.15. The third kappa shape index (κ3) is 4.11. The fraction of sp³-hybridized carbons (Fsp3) is 0.385. The van der Waals surface area contributed by atoms with Gasteiger partial charge >= 0.3 is 6.18 Å². The molecule has 0 aliphatic heterocycles. The molecule has 0 saturated carbocycles. The number of nitrogens with one attached hydrogen (secondary N) is 2. The van der Waals surface area contributed by atoms with Crippen molar-refractivity contribution < 1.29 is 17.6 Å². The Labute approximate surface area is 119 Å². The molecule has 2 aromatic rings. The van der Waals surface area contributed by atoms with Gasteiger partial charge in [0.05, 0.1) is 6.26 Å². The minimum atomic E-state index is -4.59. The molecule has 0 fully saturated rings. The highest BCUT2D eigenvalue weighted by Crippen LogP contribution is 2.28. The van der Waals surface area contributed by atoms with E-state index in [0.717, 1.165) is 5.76 Å². The first-order valence-electron chi connectivity index (χ1n) is 6.31. The highest BCUT2D eigenvalue weighted by atomic mass is 19.4. The van der Waals surface area contributed by atoms with Crippen LogP contribution in [0, 0.1) is 0 Å². The van der Waals surface area contributed by atoms with Gasteiger partial charge in [-0.3, -0.25) is 0 Å². The van der Waals surface area contributed by atoms with Crippen molar-refractivity contribution in [2.75, 3.05) is 17.7 Å². The van der Waals surface area contributed by atoms with Crippen LogP contribution in [0.4, 0.5) is 24.8 Å². The number of aromatic nitrogens is 2. The van der Waals surface area contributed by atoms with Crippen molar-refractivity contribution >= 4 is 11.6 Å². The van der Waals surface area contributed by atoms with Crippen LogP contribution in [0.1, 0.15) is 18.5 Å². The van der Waals surface area contributed by atoms with Crippen LogP contribution >= 0.6 is 0 Å². The molecule has 0 aliphatic rings. The van der Waals surface area contributed by atoms with Crippen LogP contribution in [0.25, 0.3) is 0 Å². The van der Waals surface area contributed by atoms with E-state index in [2.05, 4.69) is 20.6 Å². The summed E-state index contributed by atoms with van der Waals surface area (Å²) in [6.45, 7) is 1.83. The Hall–Kier alpha value is -2.25. The molecule has 0 amide bonds. The molecule has 5 nitrogen and oxygen atoms in total. The Morgan fingerprint density at radius 3 is 2.57 bits per heavy atom. The zero-order chi connectivity index (χ0) is 15.5. The minimum Gasteiger partial charge on any atom is -0.469 e. The van der Waals surface area contributed by atoms with Crippen LogP contribution in [-0.2, 0) is 12.6 Å². The molecule has 0 aliphatic carbocycles. The Balaban J connectivity index is 2.15. The van der Waals surface area contributed by atoms with Crippen LogP contribution in [0.15, 0.2) is 28.9 Å². The Bertz CT molecular complexity index is 584. The first kappa shape index (κ1) is 15.1. The van der Waals surface area contributed by atoms with E-state index < -0.39 is 12.0 Å². The van der Waals surface area contributed by atoms with Crippen molar-refractivity contribution in [2.24, 2.45) is 0 Å². The standard InChI is InChI=1S/C13H15F3N4O/c1-8(6-9-4-3-5-21-9)18-11-7-10(17-2)19-12(20-11)13(14,15)16/h3-5,7-8H,6H2,1-2H3,(H2,17,18,19,20). The van der Waals surface area contributed by atoms with E-state index >= 15 is 0 Å². The molecule has 21 heavy (non-hydrogen) atoms. The lowest BCUT2D eigenvalue weighted by atomic mass is 10.2. The predicted molar refractivity (Wildman–Crippen MR) is 72.1 cm³/mol. The molecular formula is C13H15F3N4O. The molecular weight excluding hydrogens is 285 g/mol. The SMILES string of the molecule is CNc1cc(NC(C)Cc2ccco2)nc(C(F)(F)F)n1. The summed E-state index contributed by atoms with van der Waals surface area (Å²) < 4.78 is 43.4. The van der Waals surface area contributed by atoms with E-state index in [1.54, 1.807) is 18.4 Å². The van der Waals surface area contributed by atoms with Crippen LogP contribution in [-0.4, -0.2) is 23.1 Å². The second-order valence-corrected chi connectivity index (χ2v) is 4.54. The second-order valence-electron chi connectivity index (χ2n) is 4.54. The van der Waals surface area contributed by atoms with E-state index in [0.29, 0.717) is 6.42 Å². The first-order chi connectivity index (χ1) is 9.88. The minimum absolute atomic E-state index is 0.102. The average molecular weight is 300 g/mol. The normalized spacial score (nSPS) is 13.0. The van der Waals surface area contributed by atoms with E-state index in [1.165, 1.54) is 13.1 Å². The van der Waals surface area contributed by atoms with E-state index in [9.17, 15) is 13.2 Å². The van der Waals surface area contributed by atoms with Crippen molar-refractivity contribution in [3.63, 3.8) is 0 Å². The number of rotatable bonds is 5. The van der Waals surface area contributed by atoms with Gasteiger partial charge < -0.3 is 15.1 Å². The summed E-state index contributed by atoms with van der Waals surface area (Å²) in [6, 6.07) is 4.84. The lowest BCUT2D eigenvalue weighted by Crippen LogP contribution is -2.21. The number of halogens is 3. The third-order valence-corrected chi connectivity index (χ3v) is 2.72. The van der Waals surface area contributed by atoms with E-state index in [1.807, 2.05) is 6.92 Å². The van der Waals surface area contributed by atoms with E-state index in [-0.39, 0.29) is 17.7 Å². The fourth-order valence-corrected chi connectivity index (χ4v) is 1.81. The molecule has 2 rings (SSSR count). The summed E-state index contributed by atoms with van der Waals surface area (Å²) in [5, 5.41) is 5.51. The fourth-order valence-electron chi connectivity index (χ4n) is 1.81. The van der Waals surface area contributed by atoms with Gasteiger partial charge in [-0.2, -0.15) is 13.2 Å². The van der Waals surface area contributed by atoms with Crippen molar-refractivity contribution in [1.29, 1.82) is 0 Å². The van der Waals surface area contributed by atoms with Gasteiger partial charge in [-0.1, -0.05) is 0 Å². The Morgan fingerprint density at radius 1 is 1.29 bits per heavy atom. The van der Waals surface area contributed by atoms with Gasteiger partial charge in [-0.05, 0) is 19.1 Å². The van der Waals surface area contributed by atoms with Crippen LogP contribution in [0.3, 0.4) is 0 Å². The quantitative estimate of drug-likeness (QED) is 0.888. The summed E-state index contributed by atoms with van der Waals surface area (Å²) in [5.41, 5.74) is 0. The summed E-state index contributed by atoms with van der Waals surface area (Å²) >= 11 is 0. The lowest BCUT2D eigenvalue weighted by molar-refractivity contribution is -0.144. The molecule has 0 aromatic carbocycles. The van der Waals surface area contributed by atoms with Crippen molar-refractivity contribution in [1.82, 2.24) is 9.97 Å². The molecule has 114 valence electrons. The molecule has 0 saturated heterocycles.